The highest BCUT2D eigenvalue weighted by molar-refractivity contribution is 7.99. The third kappa shape index (κ3) is 3.38. The van der Waals surface area contributed by atoms with Gasteiger partial charge in [0, 0.05) is 11.8 Å². The molecule has 0 spiro atoms. The summed E-state index contributed by atoms with van der Waals surface area (Å²) in [6.45, 7) is 0. The molecule has 1 nitrogen and oxygen atoms in total. The highest BCUT2D eigenvalue weighted by Gasteiger charge is 2.22. The summed E-state index contributed by atoms with van der Waals surface area (Å²) in [6, 6.07) is 0.262. The molecule has 0 aromatic heterocycles. The Morgan fingerprint density at radius 1 is 1.45 bits per heavy atom. The zero-order chi connectivity index (χ0) is 8.27. The minimum Gasteiger partial charge on any atom is -0.328 e. The Balaban J connectivity index is 2.08. The van der Waals surface area contributed by atoms with Gasteiger partial charge in [-0.05, 0) is 25.2 Å². The van der Waals surface area contributed by atoms with Crippen molar-refractivity contribution in [3.8, 4) is 0 Å². The maximum absolute atomic E-state index is 11.7. The van der Waals surface area contributed by atoms with Crippen molar-refractivity contribution >= 4 is 11.8 Å². The van der Waals surface area contributed by atoms with E-state index < -0.39 is 5.76 Å². The van der Waals surface area contributed by atoms with E-state index in [1.807, 2.05) is 0 Å². The van der Waals surface area contributed by atoms with Gasteiger partial charge in [0.2, 0.25) is 0 Å². The number of alkyl halides is 2. The molecular formula is C7H13F2NS. The van der Waals surface area contributed by atoms with Crippen LogP contribution < -0.4 is 5.73 Å². The number of thioether (sulfide) groups is 1. The Morgan fingerprint density at radius 2 is 2.18 bits per heavy atom. The molecule has 0 aromatic rings. The minimum atomic E-state index is -2.22. The smallest absolute Gasteiger partial charge is 0.284 e. The largest absolute Gasteiger partial charge is 0.328 e. The third-order valence-electron chi connectivity index (χ3n) is 2.04. The normalized spacial score (nSPS) is 31.6. The van der Waals surface area contributed by atoms with Crippen molar-refractivity contribution in [2.24, 2.45) is 11.7 Å². The summed E-state index contributed by atoms with van der Waals surface area (Å²) in [6.07, 6.45) is 2.97. The average molecular weight is 181 g/mol. The van der Waals surface area contributed by atoms with E-state index in [2.05, 4.69) is 0 Å². The number of rotatable bonds is 3. The number of halogens is 2. The van der Waals surface area contributed by atoms with Crippen LogP contribution in [-0.2, 0) is 0 Å². The van der Waals surface area contributed by atoms with Gasteiger partial charge in [0.15, 0.2) is 0 Å². The van der Waals surface area contributed by atoms with Gasteiger partial charge in [-0.15, -0.1) is 0 Å². The fraction of sp³-hybridized carbons (Fsp3) is 1.00. The van der Waals surface area contributed by atoms with Crippen LogP contribution in [0.1, 0.15) is 19.3 Å². The van der Waals surface area contributed by atoms with Crippen molar-refractivity contribution < 1.29 is 8.78 Å². The molecule has 0 unspecified atom stereocenters. The molecular weight excluding hydrogens is 168 g/mol. The second kappa shape index (κ2) is 4.26. The molecule has 0 heterocycles. The molecule has 1 aliphatic carbocycles. The summed E-state index contributed by atoms with van der Waals surface area (Å²) in [4.78, 5) is 0. The monoisotopic (exact) mass is 181 g/mol. The maximum atomic E-state index is 11.7. The Bertz CT molecular complexity index is 121. The van der Waals surface area contributed by atoms with Crippen LogP contribution in [-0.4, -0.2) is 17.6 Å². The number of hydrogen-bond donors (Lipinski definition) is 1. The highest BCUT2D eigenvalue weighted by atomic mass is 32.2. The van der Waals surface area contributed by atoms with Crippen molar-refractivity contribution in [1.82, 2.24) is 0 Å². The molecule has 66 valence electrons. The minimum absolute atomic E-state index is 0.262. The van der Waals surface area contributed by atoms with Gasteiger partial charge in [0.05, 0.1) is 0 Å². The molecule has 1 aliphatic rings. The lowest BCUT2D eigenvalue weighted by Crippen LogP contribution is -2.15. The van der Waals surface area contributed by atoms with E-state index in [0.717, 1.165) is 31.0 Å². The van der Waals surface area contributed by atoms with Gasteiger partial charge in [0.1, 0.15) is 0 Å². The number of nitrogens with two attached hydrogens (primary N) is 1. The van der Waals surface area contributed by atoms with E-state index in [1.165, 1.54) is 0 Å². The fourth-order valence-electron chi connectivity index (χ4n) is 1.47. The molecule has 1 fully saturated rings. The van der Waals surface area contributed by atoms with Gasteiger partial charge in [0.25, 0.3) is 5.76 Å². The summed E-state index contributed by atoms with van der Waals surface area (Å²) < 4.78 is 23.4. The Labute approximate surface area is 69.7 Å². The zero-order valence-electron chi connectivity index (χ0n) is 6.30. The van der Waals surface area contributed by atoms with Gasteiger partial charge in [-0.1, -0.05) is 11.8 Å². The lowest BCUT2D eigenvalue weighted by molar-refractivity contribution is 0.251. The molecule has 0 bridgehead atoms. The second-order valence-electron chi connectivity index (χ2n) is 3.03. The Hall–Kier alpha value is 0.170. The van der Waals surface area contributed by atoms with Crippen LogP contribution in [0.15, 0.2) is 0 Å². The van der Waals surface area contributed by atoms with Crippen LogP contribution in [0.5, 0.6) is 0 Å². The van der Waals surface area contributed by atoms with Crippen LogP contribution >= 0.6 is 11.8 Å². The van der Waals surface area contributed by atoms with E-state index in [4.69, 9.17) is 5.73 Å². The lowest BCUT2D eigenvalue weighted by atomic mass is 10.1. The topological polar surface area (TPSA) is 26.0 Å². The molecule has 1 saturated carbocycles. The summed E-state index contributed by atoms with van der Waals surface area (Å²) >= 11 is 0.742. The van der Waals surface area contributed by atoms with Crippen LogP contribution in [0, 0.1) is 5.92 Å². The van der Waals surface area contributed by atoms with Crippen molar-refractivity contribution in [1.29, 1.82) is 0 Å². The van der Waals surface area contributed by atoms with Crippen molar-refractivity contribution in [3.05, 3.63) is 0 Å². The molecule has 0 radical (unpaired) electrons. The highest BCUT2D eigenvalue weighted by Crippen LogP contribution is 2.29. The van der Waals surface area contributed by atoms with Crippen molar-refractivity contribution in [2.75, 3.05) is 5.75 Å². The van der Waals surface area contributed by atoms with E-state index >= 15 is 0 Å². The van der Waals surface area contributed by atoms with Crippen LogP contribution in [0.2, 0.25) is 0 Å². The summed E-state index contributed by atoms with van der Waals surface area (Å²) in [5.41, 5.74) is 5.63. The SMILES string of the molecule is N[C@@H]1CC[C@H](CSC(F)F)C1. The summed E-state index contributed by atoms with van der Waals surface area (Å²) in [5.74, 6) is -1.21. The molecule has 1 rings (SSSR count). The lowest BCUT2D eigenvalue weighted by Gasteiger charge is -2.07. The molecule has 0 aromatic carbocycles. The molecule has 2 N–H and O–H groups in total. The van der Waals surface area contributed by atoms with E-state index in [1.54, 1.807) is 0 Å². The maximum Gasteiger partial charge on any atom is 0.284 e. The van der Waals surface area contributed by atoms with Gasteiger partial charge in [-0.2, -0.15) is 8.78 Å². The average Bonchev–Trinajstić information content (AvgIpc) is 2.31. The quantitative estimate of drug-likeness (QED) is 0.721. The van der Waals surface area contributed by atoms with Crippen molar-refractivity contribution in [2.45, 2.75) is 31.1 Å². The molecule has 4 heteroatoms. The van der Waals surface area contributed by atoms with E-state index in [9.17, 15) is 8.78 Å². The first kappa shape index (κ1) is 9.26. The van der Waals surface area contributed by atoms with E-state index in [-0.39, 0.29) is 6.04 Å². The standard InChI is InChI=1S/C7H13F2NS/c8-7(9)11-4-5-1-2-6(10)3-5/h5-7H,1-4,10H2/t5-,6+/m0/s1. The molecule has 11 heavy (non-hydrogen) atoms. The molecule has 0 aliphatic heterocycles. The van der Waals surface area contributed by atoms with Crippen molar-refractivity contribution in [3.63, 3.8) is 0 Å². The Morgan fingerprint density at radius 3 is 2.64 bits per heavy atom. The molecule has 2 atom stereocenters. The third-order valence-corrected chi connectivity index (χ3v) is 2.96. The van der Waals surface area contributed by atoms with Gasteiger partial charge >= 0.3 is 0 Å². The number of hydrogen-bond acceptors (Lipinski definition) is 2. The predicted molar refractivity (Wildman–Crippen MR) is 43.8 cm³/mol. The molecule has 0 saturated heterocycles. The summed E-state index contributed by atoms with van der Waals surface area (Å²) in [7, 11) is 0. The zero-order valence-corrected chi connectivity index (χ0v) is 7.12. The first-order valence-electron chi connectivity index (χ1n) is 3.84. The van der Waals surface area contributed by atoms with Gasteiger partial charge < -0.3 is 5.73 Å². The first-order chi connectivity index (χ1) is 5.18. The Kier molecular flexibility index (Phi) is 3.59. The van der Waals surface area contributed by atoms with Crippen LogP contribution in [0.25, 0.3) is 0 Å². The van der Waals surface area contributed by atoms with Gasteiger partial charge in [-0.3, -0.25) is 0 Å². The van der Waals surface area contributed by atoms with Gasteiger partial charge in [-0.25, -0.2) is 0 Å². The summed E-state index contributed by atoms with van der Waals surface area (Å²) in [5, 5.41) is 0. The van der Waals surface area contributed by atoms with Crippen LogP contribution in [0.4, 0.5) is 8.78 Å². The predicted octanol–water partition coefficient (Wildman–Crippen LogP) is 2.07. The van der Waals surface area contributed by atoms with Crippen LogP contribution in [0.3, 0.4) is 0 Å². The molecule has 0 amide bonds. The van der Waals surface area contributed by atoms with E-state index in [0.29, 0.717) is 11.7 Å². The first-order valence-corrected chi connectivity index (χ1v) is 4.88. The fourth-order valence-corrected chi connectivity index (χ4v) is 2.19. The second-order valence-corrected chi connectivity index (χ2v) is 4.06.